The maximum Gasteiger partial charge on any atom is 0.264 e. The normalized spacial score (nSPS) is 14.2. The van der Waals surface area contributed by atoms with Crippen LogP contribution in [0, 0.1) is 0 Å². The van der Waals surface area contributed by atoms with Crippen LogP contribution in [0.4, 0.5) is 5.69 Å². The Morgan fingerprint density at radius 1 is 1.00 bits per heavy atom. The molecule has 0 bridgehead atoms. The van der Waals surface area contributed by atoms with Gasteiger partial charge in [-0.1, -0.05) is 48.5 Å². The number of nitrogens with one attached hydrogen (secondary N) is 1. The van der Waals surface area contributed by atoms with Gasteiger partial charge in [0.2, 0.25) is 0 Å². The Hall–Kier alpha value is -3.12. The molecular formula is C25H26N2O3S. The molecule has 1 aliphatic heterocycles. The lowest BCUT2D eigenvalue weighted by atomic mass is 10.0. The minimum absolute atomic E-state index is 0.0379. The van der Waals surface area contributed by atoms with Crippen molar-refractivity contribution < 1.29 is 13.2 Å². The van der Waals surface area contributed by atoms with Crippen LogP contribution >= 0.6 is 0 Å². The van der Waals surface area contributed by atoms with Crippen LogP contribution in [0.25, 0.3) is 0 Å². The van der Waals surface area contributed by atoms with Crippen molar-refractivity contribution in [3.05, 3.63) is 95.6 Å². The second-order valence-electron chi connectivity index (χ2n) is 7.88. The number of amides is 1. The van der Waals surface area contributed by atoms with Gasteiger partial charge in [0.1, 0.15) is 0 Å². The SMILES string of the molecule is C[C@H](CCc1ccccc1)NC(=O)c1ccc2c(c1)CCN2S(=O)(=O)c1ccccc1. The number of aryl methyl sites for hydroxylation is 1. The Kier molecular flexibility index (Phi) is 6.09. The van der Waals surface area contributed by atoms with E-state index < -0.39 is 10.0 Å². The van der Waals surface area contributed by atoms with Crippen molar-refractivity contribution in [2.45, 2.75) is 37.1 Å². The number of nitrogens with zero attached hydrogens (tertiary/aromatic N) is 1. The summed E-state index contributed by atoms with van der Waals surface area (Å²) in [5.74, 6) is -0.132. The number of sulfonamides is 1. The highest BCUT2D eigenvalue weighted by atomic mass is 32.2. The average molecular weight is 435 g/mol. The minimum Gasteiger partial charge on any atom is -0.350 e. The van der Waals surface area contributed by atoms with Gasteiger partial charge in [-0.25, -0.2) is 8.42 Å². The standard InChI is InChI=1S/C25H26N2O3S/c1-19(12-13-20-8-4-2-5-9-20)26-25(28)22-14-15-24-21(18-22)16-17-27(24)31(29,30)23-10-6-3-7-11-23/h2-11,14-15,18-19H,12-13,16-17H2,1H3,(H,26,28)/t19-/m1/s1. The fourth-order valence-corrected chi connectivity index (χ4v) is 5.41. The summed E-state index contributed by atoms with van der Waals surface area (Å²) < 4.78 is 27.4. The molecular weight excluding hydrogens is 408 g/mol. The maximum atomic E-state index is 13.0. The number of fused-ring (bicyclic) bond motifs is 1. The van der Waals surface area contributed by atoms with Gasteiger partial charge in [0, 0.05) is 18.2 Å². The molecule has 1 N–H and O–H groups in total. The highest BCUT2D eigenvalue weighted by Crippen LogP contribution is 2.33. The summed E-state index contributed by atoms with van der Waals surface area (Å²) in [4.78, 5) is 13.0. The van der Waals surface area contributed by atoms with E-state index in [9.17, 15) is 13.2 Å². The van der Waals surface area contributed by atoms with Crippen molar-refractivity contribution >= 4 is 21.6 Å². The van der Waals surface area contributed by atoms with Crippen LogP contribution in [0.3, 0.4) is 0 Å². The van der Waals surface area contributed by atoms with Gasteiger partial charge in [0.25, 0.3) is 15.9 Å². The molecule has 0 spiro atoms. The Bertz CT molecular complexity index is 1160. The molecule has 1 aliphatic rings. The lowest BCUT2D eigenvalue weighted by molar-refractivity contribution is 0.0938. The van der Waals surface area contributed by atoms with E-state index in [1.54, 1.807) is 42.5 Å². The van der Waals surface area contributed by atoms with E-state index in [0.29, 0.717) is 24.2 Å². The first-order chi connectivity index (χ1) is 14.9. The first-order valence-electron chi connectivity index (χ1n) is 10.5. The van der Waals surface area contributed by atoms with E-state index in [-0.39, 0.29) is 16.8 Å². The summed E-state index contributed by atoms with van der Waals surface area (Å²) >= 11 is 0. The van der Waals surface area contributed by atoms with Crippen molar-refractivity contribution in [3.8, 4) is 0 Å². The molecule has 4 rings (SSSR count). The Morgan fingerprint density at radius 2 is 1.68 bits per heavy atom. The van der Waals surface area contributed by atoms with Gasteiger partial charge < -0.3 is 5.32 Å². The molecule has 31 heavy (non-hydrogen) atoms. The zero-order chi connectivity index (χ0) is 21.8. The molecule has 0 saturated heterocycles. The summed E-state index contributed by atoms with van der Waals surface area (Å²) in [6, 6.07) is 23.9. The van der Waals surface area contributed by atoms with Crippen molar-refractivity contribution in [2.75, 3.05) is 10.8 Å². The van der Waals surface area contributed by atoms with Crippen LogP contribution < -0.4 is 9.62 Å². The molecule has 1 atom stereocenters. The number of benzene rings is 3. The van der Waals surface area contributed by atoms with E-state index in [0.717, 1.165) is 18.4 Å². The van der Waals surface area contributed by atoms with Crippen LogP contribution in [0.2, 0.25) is 0 Å². The van der Waals surface area contributed by atoms with Crippen molar-refractivity contribution in [1.82, 2.24) is 5.32 Å². The van der Waals surface area contributed by atoms with E-state index in [1.165, 1.54) is 9.87 Å². The predicted octanol–water partition coefficient (Wildman–Crippen LogP) is 4.19. The lowest BCUT2D eigenvalue weighted by Crippen LogP contribution is -2.33. The molecule has 5 nitrogen and oxygen atoms in total. The molecule has 6 heteroatoms. The quantitative estimate of drug-likeness (QED) is 0.606. The number of rotatable bonds is 7. The summed E-state index contributed by atoms with van der Waals surface area (Å²) in [5, 5.41) is 3.05. The summed E-state index contributed by atoms with van der Waals surface area (Å²) in [5.41, 5.74) is 3.34. The fourth-order valence-electron chi connectivity index (χ4n) is 3.89. The van der Waals surface area contributed by atoms with Crippen molar-refractivity contribution in [2.24, 2.45) is 0 Å². The van der Waals surface area contributed by atoms with Crippen LogP contribution in [-0.2, 0) is 22.9 Å². The van der Waals surface area contributed by atoms with Gasteiger partial charge in [-0.05, 0) is 67.6 Å². The highest BCUT2D eigenvalue weighted by molar-refractivity contribution is 7.92. The molecule has 0 fully saturated rings. The monoisotopic (exact) mass is 434 g/mol. The Morgan fingerprint density at radius 3 is 2.39 bits per heavy atom. The summed E-state index contributed by atoms with van der Waals surface area (Å²) in [6.45, 7) is 2.38. The molecule has 3 aromatic carbocycles. The number of anilines is 1. The fraction of sp³-hybridized carbons (Fsp3) is 0.240. The van der Waals surface area contributed by atoms with Gasteiger partial charge in [0.15, 0.2) is 0 Å². The first-order valence-corrected chi connectivity index (χ1v) is 11.9. The second kappa shape index (κ2) is 8.94. The topological polar surface area (TPSA) is 66.5 Å². The number of carbonyl (C=O) groups is 1. The Labute approximate surface area is 183 Å². The van der Waals surface area contributed by atoms with Gasteiger partial charge in [-0.2, -0.15) is 0 Å². The van der Waals surface area contributed by atoms with E-state index in [2.05, 4.69) is 17.4 Å². The summed E-state index contributed by atoms with van der Waals surface area (Å²) in [7, 11) is -3.61. The second-order valence-corrected chi connectivity index (χ2v) is 9.74. The van der Waals surface area contributed by atoms with Crippen LogP contribution in [0.5, 0.6) is 0 Å². The van der Waals surface area contributed by atoms with E-state index in [1.807, 2.05) is 31.2 Å². The van der Waals surface area contributed by atoms with Gasteiger partial charge in [0.05, 0.1) is 10.6 Å². The zero-order valence-corrected chi connectivity index (χ0v) is 18.3. The van der Waals surface area contributed by atoms with Crippen LogP contribution in [0.1, 0.15) is 34.8 Å². The highest BCUT2D eigenvalue weighted by Gasteiger charge is 2.31. The van der Waals surface area contributed by atoms with Gasteiger partial charge in [-0.3, -0.25) is 9.10 Å². The summed E-state index contributed by atoms with van der Waals surface area (Å²) in [6.07, 6.45) is 2.34. The van der Waals surface area contributed by atoms with Crippen LogP contribution in [-0.4, -0.2) is 26.9 Å². The Balaban J connectivity index is 1.43. The maximum absolute atomic E-state index is 13.0. The van der Waals surface area contributed by atoms with Gasteiger partial charge >= 0.3 is 0 Å². The molecule has 0 aromatic heterocycles. The third kappa shape index (κ3) is 4.64. The molecule has 160 valence electrons. The number of hydrogen-bond donors (Lipinski definition) is 1. The van der Waals surface area contributed by atoms with E-state index >= 15 is 0 Å². The van der Waals surface area contributed by atoms with Crippen LogP contribution in [0.15, 0.2) is 83.8 Å². The minimum atomic E-state index is -3.61. The third-order valence-corrected chi connectivity index (χ3v) is 7.44. The molecule has 0 saturated carbocycles. The number of carbonyl (C=O) groups excluding carboxylic acids is 1. The van der Waals surface area contributed by atoms with E-state index in [4.69, 9.17) is 0 Å². The third-order valence-electron chi connectivity index (χ3n) is 5.61. The number of hydrogen-bond acceptors (Lipinski definition) is 3. The molecule has 0 radical (unpaired) electrons. The van der Waals surface area contributed by atoms with Gasteiger partial charge in [-0.15, -0.1) is 0 Å². The molecule has 1 amide bonds. The zero-order valence-electron chi connectivity index (χ0n) is 17.5. The molecule has 3 aromatic rings. The largest absolute Gasteiger partial charge is 0.350 e. The first kappa shape index (κ1) is 21.1. The predicted molar refractivity (Wildman–Crippen MR) is 123 cm³/mol. The van der Waals surface area contributed by atoms with Crippen molar-refractivity contribution in [1.29, 1.82) is 0 Å². The molecule has 1 heterocycles. The molecule has 0 aliphatic carbocycles. The average Bonchev–Trinajstić information content (AvgIpc) is 3.23. The molecule has 0 unspecified atom stereocenters. The lowest BCUT2D eigenvalue weighted by Gasteiger charge is -2.20. The smallest absolute Gasteiger partial charge is 0.264 e. The van der Waals surface area contributed by atoms with Crippen molar-refractivity contribution in [3.63, 3.8) is 0 Å².